The van der Waals surface area contributed by atoms with Crippen LogP contribution < -0.4 is 5.48 Å². The summed E-state index contributed by atoms with van der Waals surface area (Å²) in [6.07, 6.45) is 0. The maximum absolute atomic E-state index is 11.1. The van der Waals surface area contributed by atoms with Crippen LogP contribution in [-0.4, -0.2) is 23.2 Å². The molecule has 0 radical (unpaired) electrons. The molecule has 0 aliphatic heterocycles. The molecule has 1 amide bonds. The van der Waals surface area contributed by atoms with Gasteiger partial charge in [0.15, 0.2) is 0 Å². The average molecular weight is 183 g/mol. The maximum atomic E-state index is 11.1. The van der Waals surface area contributed by atoms with Gasteiger partial charge in [0.2, 0.25) is 0 Å². The third kappa shape index (κ3) is 1.88. The van der Waals surface area contributed by atoms with Gasteiger partial charge in [-0.25, -0.2) is 5.48 Å². The first-order valence-corrected chi connectivity index (χ1v) is 3.51. The summed E-state index contributed by atoms with van der Waals surface area (Å²) in [5.74, 6) is -1.29. The Morgan fingerprint density at radius 1 is 1.38 bits per heavy atom. The van der Waals surface area contributed by atoms with E-state index in [4.69, 9.17) is 0 Å². The quantitative estimate of drug-likeness (QED) is 0.579. The fourth-order valence-electron chi connectivity index (χ4n) is 0.905. The number of amides is 1. The van der Waals surface area contributed by atoms with Crippen molar-refractivity contribution in [2.75, 3.05) is 7.11 Å². The molecule has 70 valence electrons. The largest absolute Gasteiger partial charge is 0.507 e. The van der Waals surface area contributed by atoms with Crippen molar-refractivity contribution in [2.24, 2.45) is 0 Å². The molecule has 0 spiro atoms. The predicted molar refractivity (Wildman–Crippen MR) is 44.2 cm³/mol. The van der Waals surface area contributed by atoms with Crippen LogP contribution in [0.3, 0.4) is 0 Å². The monoisotopic (exact) mass is 183 g/mol. The van der Waals surface area contributed by atoms with Crippen LogP contribution in [0.1, 0.15) is 10.4 Å². The second kappa shape index (κ2) is 3.77. The minimum Gasteiger partial charge on any atom is -0.507 e. The minimum absolute atomic E-state index is 0.204. The van der Waals surface area contributed by atoms with Crippen molar-refractivity contribution in [3.8, 4) is 11.5 Å². The maximum Gasteiger partial charge on any atom is 0.282 e. The Kier molecular flexibility index (Phi) is 2.71. The number of benzene rings is 1. The van der Waals surface area contributed by atoms with Crippen molar-refractivity contribution < 1.29 is 19.8 Å². The Morgan fingerprint density at radius 2 is 1.92 bits per heavy atom. The zero-order valence-corrected chi connectivity index (χ0v) is 6.94. The Bertz CT molecular complexity index is 304. The molecule has 0 heterocycles. The van der Waals surface area contributed by atoms with Crippen molar-refractivity contribution in [3.05, 3.63) is 23.8 Å². The number of carbonyl (C=O) groups is 1. The first-order chi connectivity index (χ1) is 6.16. The van der Waals surface area contributed by atoms with Crippen LogP contribution in [0.2, 0.25) is 0 Å². The lowest BCUT2D eigenvalue weighted by molar-refractivity contribution is 0.0532. The summed E-state index contributed by atoms with van der Waals surface area (Å²) >= 11 is 0. The van der Waals surface area contributed by atoms with Gasteiger partial charge >= 0.3 is 0 Å². The SMILES string of the molecule is CONC(=O)c1c(O)cccc1O. The molecule has 0 atom stereocenters. The number of hydrogen-bond acceptors (Lipinski definition) is 4. The highest BCUT2D eigenvalue weighted by Gasteiger charge is 2.15. The molecule has 5 nitrogen and oxygen atoms in total. The van der Waals surface area contributed by atoms with Crippen LogP contribution in [0.4, 0.5) is 0 Å². The summed E-state index contributed by atoms with van der Waals surface area (Å²) in [5, 5.41) is 18.4. The topological polar surface area (TPSA) is 78.8 Å². The molecule has 0 aromatic heterocycles. The summed E-state index contributed by atoms with van der Waals surface area (Å²) in [6.45, 7) is 0. The number of nitrogens with one attached hydrogen (secondary N) is 1. The molecule has 0 fully saturated rings. The molecule has 3 N–H and O–H groups in total. The average Bonchev–Trinajstić information content (AvgIpc) is 2.04. The van der Waals surface area contributed by atoms with Crippen molar-refractivity contribution in [2.45, 2.75) is 0 Å². The predicted octanol–water partition coefficient (Wildman–Crippen LogP) is 0.389. The van der Waals surface area contributed by atoms with E-state index >= 15 is 0 Å². The van der Waals surface area contributed by atoms with Gasteiger partial charge in [-0.15, -0.1) is 0 Å². The van der Waals surface area contributed by atoms with Gasteiger partial charge in [-0.3, -0.25) is 9.63 Å². The smallest absolute Gasteiger partial charge is 0.282 e. The van der Waals surface area contributed by atoms with Gasteiger partial charge in [0.05, 0.1) is 7.11 Å². The summed E-state index contributed by atoms with van der Waals surface area (Å²) in [7, 11) is 1.26. The number of hydrogen-bond donors (Lipinski definition) is 3. The Balaban J connectivity index is 3.05. The molecule has 0 saturated carbocycles. The zero-order valence-electron chi connectivity index (χ0n) is 6.94. The summed E-state index contributed by atoms with van der Waals surface area (Å²) < 4.78 is 0. The lowest BCUT2D eigenvalue weighted by Crippen LogP contribution is -2.21. The number of carbonyl (C=O) groups excluding carboxylic acids is 1. The van der Waals surface area contributed by atoms with Gasteiger partial charge in [-0.2, -0.15) is 0 Å². The van der Waals surface area contributed by atoms with E-state index < -0.39 is 5.91 Å². The minimum atomic E-state index is -0.696. The van der Waals surface area contributed by atoms with Crippen LogP contribution >= 0.6 is 0 Å². The number of phenolic OH excluding ortho intramolecular Hbond substituents is 2. The molecule has 0 aliphatic carbocycles. The van der Waals surface area contributed by atoms with Crippen LogP contribution in [-0.2, 0) is 4.84 Å². The van der Waals surface area contributed by atoms with E-state index in [1.54, 1.807) is 0 Å². The second-order valence-corrected chi connectivity index (χ2v) is 2.31. The first-order valence-electron chi connectivity index (χ1n) is 3.51. The van der Waals surface area contributed by atoms with E-state index in [0.717, 1.165) is 0 Å². The Hall–Kier alpha value is -1.75. The second-order valence-electron chi connectivity index (χ2n) is 2.31. The molecule has 1 rings (SSSR count). The summed E-state index contributed by atoms with van der Waals surface area (Å²) in [5.41, 5.74) is 1.78. The normalized spacial score (nSPS) is 9.62. The van der Waals surface area contributed by atoms with Crippen LogP contribution in [0.15, 0.2) is 18.2 Å². The Labute approximate surface area is 74.5 Å². The van der Waals surface area contributed by atoms with E-state index in [0.29, 0.717) is 0 Å². The van der Waals surface area contributed by atoms with Gasteiger partial charge in [0, 0.05) is 0 Å². The highest BCUT2D eigenvalue weighted by Crippen LogP contribution is 2.25. The zero-order chi connectivity index (χ0) is 9.84. The van der Waals surface area contributed by atoms with E-state index in [1.807, 2.05) is 5.48 Å². The third-order valence-electron chi connectivity index (χ3n) is 1.44. The molecule has 1 aromatic carbocycles. The van der Waals surface area contributed by atoms with Gasteiger partial charge < -0.3 is 10.2 Å². The number of hydroxylamine groups is 1. The van der Waals surface area contributed by atoms with E-state index in [-0.39, 0.29) is 17.1 Å². The fraction of sp³-hybridized carbons (Fsp3) is 0.125. The lowest BCUT2D eigenvalue weighted by atomic mass is 10.1. The van der Waals surface area contributed by atoms with Crippen LogP contribution in [0.25, 0.3) is 0 Å². The van der Waals surface area contributed by atoms with E-state index in [1.165, 1.54) is 25.3 Å². The fourth-order valence-corrected chi connectivity index (χ4v) is 0.905. The van der Waals surface area contributed by atoms with Crippen molar-refractivity contribution in [1.82, 2.24) is 5.48 Å². The first kappa shape index (κ1) is 9.34. The highest BCUT2D eigenvalue weighted by atomic mass is 16.6. The van der Waals surface area contributed by atoms with Gasteiger partial charge in [0.25, 0.3) is 5.91 Å². The van der Waals surface area contributed by atoms with Crippen LogP contribution in [0.5, 0.6) is 11.5 Å². The molecule has 13 heavy (non-hydrogen) atoms. The number of phenols is 2. The molecular formula is C8H9NO4. The molecule has 0 aliphatic rings. The third-order valence-corrected chi connectivity index (χ3v) is 1.44. The molecule has 0 bridgehead atoms. The van der Waals surface area contributed by atoms with E-state index in [9.17, 15) is 15.0 Å². The molecular weight excluding hydrogens is 174 g/mol. The van der Waals surface area contributed by atoms with Crippen molar-refractivity contribution in [3.63, 3.8) is 0 Å². The molecule has 0 unspecified atom stereocenters. The molecule has 1 aromatic rings. The molecule has 5 heteroatoms. The van der Waals surface area contributed by atoms with Gasteiger partial charge in [-0.1, -0.05) is 6.07 Å². The summed E-state index contributed by atoms with van der Waals surface area (Å²) in [6, 6.07) is 4.02. The standard InChI is InChI=1S/C8H9NO4/c1-13-9-8(12)7-5(10)3-2-4-6(7)11/h2-4,10-11H,1H3,(H,9,12). The number of aromatic hydroxyl groups is 2. The van der Waals surface area contributed by atoms with Gasteiger partial charge in [0.1, 0.15) is 17.1 Å². The van der Waals surface area contributed by atoms with E-state index in [2.05, 4.69) is 4.84 Å². The number of rotatable bonds is 2. The molecule has 0 saturated heterocycles. The lowest BCUT2D eigenvalue weighted by Gasteiger charge is -2.05. The van der Waals surface area contributed by atoms with Crippen molar-refractivity contribution >= 4 is 5.91 Å². The van der Waals surface area contributed by atoms with Gasteiger partial charge in [-0.05, 0) is 12.1 Å². The van der Waals surface area contributed by atoms with Crippen LogP contribution in [0, 0.1) is 0 Å². The van der Waals surface area contributed by atoms with Crippen molar-refractivity contribution in [1.29, 1.82) is 0 Å². The Morgan fingerprint density at radius 3 is 2.38 bits per heavy atom. The summed E-state index contributed by atoms with van der Waals surface area (Å²) in [4.78, 5) is 15.5. The highest BCUT2D eigenvalue weighted by molar-refractivity contribution is 5.98.